The van der Waals surface area contributed by atoms with Crippen molar-refractivity contribution < 1.29 is 38.9 Å². The fraction of sp³-hybridized carbons (Fsp3) is 0.286. The van der Waals surface area contributed by atoms with E-state index in [4.69, 9.17) is 14.2 Å². The van der Waals surface area contributed by atoms with E-state index < -0.39 is 34.7 Å². The fourth-order valence-corrected chi connectivity index (χ4v) is 4.98. The molecule has 2 aliphatic heterocycles. The Morgan fingerprint density at radius 3 is 2.58 bits per heavy atom. The molecule has 208 valence electrons. The van der Waals surface area contributed by atoms with E-state index in [9.17, 15) is 29.9 Å². The van der Waals surface area contributed by atoms with Crippen molar-refractivity contribution in [2.75, 3.05) is 18.6 Å². The van der Waals surface area contributed by atoms with Crippen molar-refractivity contribution in [3.63, 3.8) is 0 Å². The van der Waals surface area contributed by atoms with Crippen LogP contribution in [0.15, 0.2) is 60.7 Å². The molecule has 12 nitrogen and oxygen atoms in total. The number of nitro benzene ring substituents is 1. The van der Waals surface area contributed by atoms with Gasteiger partial charge in [-0.2, -0.15) is 0 Å². The maximum atomic E-state index is 13.6. The van der Waals surface area contributed by atoms with E-state index in [1.807, 2.05) is 30.3 Å². The highest BCUT2D eigenvalue weighted by Gasteiger charge is 2.45. The van der Waals surface area contributed by atoms with E-state index in [1.165, 1.54) is 30.2 Å². The number of phenols is 1. The summed E-state index contributed by atoms with van der Waals surface area (Å²) in [5.41, 5.74) is 0.813. The SMILES string of the molecule is COc1cc2c(cc1OCc1ccccc1)N(C(=O)OCc1ccc(O)c([N+](=O)[O-])c1)[C@@H](O)[C@@H]1CCCN1C2=O. The summed E-state index contributed by atoms with van der Waals surface area (Å²) in [6.07, 6.45) is -1.27. The highest BCUT2D eigenvalue weighted by atomic mass is 16.6. The number of nitrogens with zero attached hydrogens (tertiary/aromatic N) is 3. The first-order valence-corrected chi connectivity index (χ1v) is 12.6. The Hall–Kier alpha value is -4.84. The molecule has 0 aliphatic carbocycles. The van der Waals surface area contributed by atoms with Crippen molar-refractivity contribution >= 4 is 23.4 Å². The molecule has 3 aromatic rings. The summed E-state index contributed by atoms with van der Waals surface area (Å²) in [6, 6.07) is 15.3. The number of methoxy groups -OCH3 is 1. The van der Waals surface area contributed by atoms with Crippen molar-refractivity contribution in [2.24, 2.45) is 0 Å². The summed E-state index contributed by atoms with van der Waals surface area (Å²) < 4.78 is 16.9. The van der Waals surface area contributed by atoms with Crippen LogP contribution in [-0.2, 0) is 18.0 Å². The van der Waals surface area contributed by atoms with Crippen LogP contribution in [0.4, 0.5) is 16.2 Å². The minimum absolute atomic E-state index is 0.0810. The first kappa shape index (κ1) is 26.8. The van der Waals surface area contributed by atoms with Crippen molar-refractivity contribution in [1.29, 1.82) is 0 Å². The number of amides is 2. The second-order valence-electron chi connectivity index (χ2n) is 9.42. The van der Waals surface area contributed by atoms with Gasteiger partial charge in [0, 0.05) is 18.7 Å². The summed E-state index contributed by atoms with van der Waals surface area (Å²) in [5.74, 6) is -0.360. The van der Waals surface area contributed by atoms with Gasteiger partial charge in [-0.05, 0) is 36.1 Å². The second-order valence-corrected chi connectivity index (χ2v) is 9.42. The summed E-state index contributed by atoms with van der Waals surface area (Å²) in [4.78, 5) is 40.0. The molecule has 2 atom stereocenters. The monoisotopic (exact) mass is 549 g/mol. The average molecular weight is 550 g/mol. The lowest BCUT2D eigenvalue weighted by Gasteiger charge is -2.31. The summed E-state index contributed by atoms with van der Waals surface area (Å²) in [5, 5.41) is 32.3. The molecule has 0 bridgehead atoms. The summed E-state index contributed by atoms with van der Waals surface area (Å²) >= 11 is 0. The van der Waals surface area contributed by atoms with Gasteiger partial charge in [0.05, 0.1) is 29.3 Å². The zero-order valence-electron chi connectivity index (χ0n) is 21.6. The molecular weight excluding hydrogens is 522 g/mol. The number of nitro groups is 1. The number of fused-ring (bicyclic) bond motifs is 2. The Bertz CT molecular complexity index is 1450. The average Bonchev–Trinajstić information content (AvgIpc) is 3.43. The fourth-order valence-electron chi connectivity index (χ4n) is 4.98. The van der Waals surface area contributed by atoms with Crippen LogP contribution in [0.25, 0.3) is 0 Å². The molecule has 2 amide bonds. The van der Waals surface area contributed by atoms with Gasteiger partial charge in [-0.1, -0.05) is 36.4 Å². The van der Waals surface area contributed by atoms with Gasteiger partial charge in [-0.3, -0.25) is 14.9 Å². The number of hydrogen-bond acceptors (Lipinski definition) is 9. The Morgan fingerprint density at radius 2 is 1.85 bits per heavy atom. The van der Waals surface area contributed by atoms with E-state index in [0.29, 0.717) is 19.4 Å². The molecule has 0 aromatic heterocycles. The third-order valence-corrected chi connectivity index (χ3v) is 6.97. The van der Waals surface area contributed by atoms with E-state index in [-0.39, 0.29) is 47.4 Å². The maximum absolute atomic E-state index is 13.6. The molecular formula is C28H27N3O9. The van der Waals surface area contributed by atoms with Crippen molar-refractivity contribution in [3.8, 4) is 17.2 Å². The van der Waals surface area contributed by atoms with Gasteiger partial charge in [0.15, 0.2) is 23.5 Å². The highest BCUT2D eigenvalue weighted by Crippen LogP contribution is 2.41. The van der Waals surface area contributed by atoms with Gasteiger partial charge in [0.2, 0.25) is 0 Å². The molecule has 2 N–H and O–H groups in total. The smallest absolute Gasteiger partial charge is 0.416 e. The molecule has 1 fully saturated rings. The molecule has 0 radical (unpaired) electrons. The molecule has 0 saturated carbocycles. The standard InChI is InChI=1S/C28H27N3O9/c1-38-24-13-19-21(14-25(24)39-15-17-6-3-2-4-7-17)30(27(34)20-8-5-11-29(20)26(19)33)28(35)40-16-18-9-10-23(32)22(12-18)31(36)37/h2-4,6-7,9-10,12-14,20,27,32,34H,5,8,11,15-16H2,1H3/t20-,27-/m0/s1. The van der Waals surface area contributed by atoms with E-state index in [0.717, 1.165) is 22.6 Å². The van der Waals surface area contributed by atoms with Gasteiger partial charge in [-0.25, -0.2) is 9.69 Å². The molecule has 0 spiro atoms. The first-order chi connectivity index (χ1) is 19.3. The maximum Gasteiger partial charge on any atom is 0.416 e. The Kier molecular flexibility index (Phi) is 7.43. The van der Waals surface area contributed by atoms with Gasteiger partial charge in [0.25, 0.3) is 5.91 Å². The number of ether oxygens (including phenoxy) is 3. The van der Waals surface area contributed by atoms with Crippen LogP contribution < -0.4 is 14.4 Å². The lowest BCUT2D eigenvalue weighted by atomic mass is 10.1. The molecule has 5 rings (SSSR count). The molecule has 2 heterocycles. The number of rotatable bonds is 7. The quantitative estimate of drug-likeness (QED) is 0.329. The predicted octanol–water partition coefficient (Wildman–Crippen LogP) is 3.97. The lowest BCUT2D eigenvalue weighted by Crippen LogP contribution is -2.50. The van der Waals surface area contributed by atoms with Crippen LogP contribution in [-0.4, -0.2) is 58.0 Å². The van der Waals surface area contributed by atoms with Gasteiger partial charge in [-0.15, -0.1) is 0 Å². The van der Waals surface area contributed by atoms with Crippen LogP contribution in [0.2, 0.25) is 0 Å². The molecule has 2 aliphatic rings. The number of carbonyl (C=O) groups is 2. The second kappa shape index (κ2) is 11.1. The number of aromatic hydroxyl groups is 1. The predicted molar refractivity (Wildman–Crippen MR) is 141 cm³/mol. The van der Waals surface area contributed by atoms with Crippen molar-refractivity contribution in [1.82, 2.24) is 4.90 Å². The zero-order chi connectivity index (χ0) is 28.4. The van der Waals surface area contributed by atoms with Crippen LogP contribution in [0.5, 0.6) is 17.2 Å². The first-order valence-electron chi connectivity index (χ1n) is 12.6. The minimum atomic E-state index is -1.43. The Labute approximate surface area is 229 Å². The number of hydrogen-bond donors (Lipinski definition) is 2. The molecule has 1 saturated heterocycles. The molecule has 12 heteroatoms. The normalized spacial score (nSPS) is 18.0. The number of aliphatic hydroxyl groups excluding tert-OH is 1. The van der Waals surface area contributed by atoms with E-state index in [1.54, 1.807) is 0 Å². The van der Waals surface area contributed by atoms with Crippen LogP contribution in [0.3, 0.4) is 0 Å². The third kappa shape index (κ3) is 5.08. The van der Waals surface area contributed by atoms with Crippen LogP contribution in [0.1, 0.15) is 34.3 Å². The van der Waals surface area contributed by atoms with Gasteiger partial charge >= 0.3 is 11.8 Å². The minimum Gasteiger partial charge on any atom is -0.502 e. The summed E-state index contributed by atoms with van der Waals surface area (Å²) in [6.45, 7) is 0.217. The van der Waals surface area contributed by atoms with Crippen molar-refractivity contribution in [3.05, 3.63) is 87.5 Å². The Balaban J connectivity index is 1.49. The molecule has 0 unspecified atom stereocenters. The van der Waals surface area contributed by atoms with E-state index >= 15 is 0 Å². The van der Waals surface area contributed by atoms with Crippen molar-refractivity contribution in [2.45, 2.75) is 38.3 Å². The number of carbonyl (C=O) groups excluding carboxylic acids is 2. The third-order valence-electron chi connectivity index (χ3n) is 6.97. The van der Waals surface area contributed by atoms with Crippen LogP contribution >= 0.6 is 0 Å². The van der Waals surface area contributed by atoms with E-state index in [2.05, 4.69) is 0 Å². The topological polar surface area (TPSA) is 152 Å². The van der Waals surface area contributed by atoms with Gasteiger partial charge in [0.1, 0.15) is 13.2 Å². The van der Waals surface area contributed by atoms with Gasteiger partial charge < -0.3 is 29.3 Å². The highest BCUT2D eigenvalue weighted by molar-refractivity contribution is 6.06. The largest absolute Gasteiger partial charge is 0.502 e. The number of anilines is 1. The molecule has 3 aromatic carbocycles. The zero-order valence-corrected chi connectivity index (χ0v) is 21.6. The number of benzene rings is 3. The lowest BCUT2D eigenvalue weighted by molar-refractivity contribution is -0.385. The molecule has 40 heavy (non-hydrogen) atoms. The van der Waals surface area contributed by atoms with Crippen LogP contribution in [0, 0.1) is 10.1 Å². The summed E-state index contributed by atoms with van der Waals surface area (Å²) in [7, 11) is 1.44. The number of aliphatic hydroxyl groups is 1. The number of phenolic OH excluding ortho intramolecular Hbond substituents is 1. The Morgan fingerprint density at radius 1 is 1.07 bits per heavy atom.